The van der Waals surface area contributed by atoms with Gasteiger partial charge in [0.15, 0.2) is 0 Å². The van der Waals surface area contributed by atoms with Gasteiger partial charge in [-0.3, -0.25) is 4.98 Å². The van der Waals surface area contributed by atoms with Gasteiger partial charge in [0, 0.05) is 23.5 Å². The van der Waals surface area contributed by atoms with Crippen LogP contribution in [0.15, 0.2) is 36.4 Å². The number of rotatable bonds is 4. The van der Waals surface area contributed by atoms with Crippen LogP contribution in [-0.2, 0) is 6.54 Å². The number of aromatic nitrogens is 1. The Morgan fingerprint density at radius 2 is 1.94 bits per heavy atom. The lowest BCUT2D eigenvalue weighted by atomic mass is 10.2. The van der Waals surface area contributed by atoms with Crippen molar-refractivity contribution >= 4 is 5.69 Å². The van der Waals surface area contributed by atoms with Crippen molar-refractivity contribution in [3.63, 3.8) is 0 Å². The maximum Gasteiger partial charge on any atom is 0.123 e. The van der Waals surface area contributed by atoms with Gasteiger partial charge in [-0.15, -0.1) is 0 Å². The van der Waals surface area contributed by atoms with Crippen LogP contribution in [0.2, 0.25) is 0 Å². The fraction of sp³-hybridized carbons (Fsp3) is 0.214. The van der Waals surface area contributed by atoms with Crippen LogP contribution in [0.1, 0.15) is 11.4 Å². The van der Waals surface area contributed by atoms with Gasteiger partial charge in [-0.25, -0.2) is 4.39 Å². The van der Waals surface area contributed by atoms with Gasteiger partial charge >= 0.3 is 0 Å². The van der Waals surface area contributed by atoms with E-state index in [2.05, 4.69) is 10.3 Å². The lowest BCUT2D eigenvalue weighted by molar-refractivity contribution is 0.413. The predicted octanol–water partition coefficient (Wildman–Crippen LogP) is 3.15. The summed E-state index contributed by atoms with van der Waals surface area (Å²) < 4.78 is 17.9. The Morgan fingerprint density at radius 1 is 1.22 bits per heavy atom. The summed E-state index contributed by atoms with van der Waals surface area (Å²) in [5.41, 5.74) is 2.65. The van der Waals surface area contributed by atoms with Crippen LogP contribution < -0.4 is 10.1 Å². The molecule has 0 fully saturated rings. The summed E-state index contributed by atoms with van der Waals surface area (Å²) in [6.07, 6.45) is 0. The van der Waals surface area contributed by atoms with Crippen molar-refractivity contribution in [1.29, 1.82) is 0 Å². The molecule has 0 bridgehead atoms. The van der Waals surface area contributed by atoms with E-state index in [9.17, 15) is 4.39 Å². The fourth-order valence-electron chi connectivity index (χ4n) is 1.67. The first-order chi connectivity index (χ1) is 8.67. The molecule has 1 N–H and O–H groups in total. The molecule has 0 saturated heterocycles. The Labute approximate surface area is 106 Å². The smallest absolute Gasteiger partial charge is 0.123 e. The number of halogens is 1. The zero-order valence-corrected chi connectivity index (χ0v) is 10.4. The Balaban J connectivity index is 2.05. The molecule has 4 heteroatoms. The number of benzene rings is 1. The van der Waals surface area contributed by atoms with Crippen LogP contribution in [0.3, 0.4) is 0 Å². The molecule has 0 spiro atoms. The number of hydrogen-bond donors (Lipinski definition) is 1. The zero-order chi connectivity index (χ0) is 13.0. The summed E-state index contributed by atoms with van der Waals surface area (Å²) in [4.78, 5) is 4.40. The predicted molar refractivity (Wildman–Crippen MR) is 69.3 cm³/mol. The third-order valence-corrected chi connectivity index (χ3v) is 2.53. The molecule has 0 aliphatic heterocycles. The molecule has 0 saturated carbocycles. The topological polar surface area (TPSA) is 34.1 Å². The largest absolute Gasteiger partial charge is 0.497 e. The van der Waals surface area contributed by atoms with Crippen LogP contribution in [0, 0.1) is 12.7 Å². The number of hydrogen-bond acceptors (Lipinski definition) is 3. The van der Waals surface area contributed by atoms with Crippen molar-refractivity contribution in [3.05, 3.63) is 53.6 Å². The highest BCUT2D eigenvalue weighted by atomic mass is 19.1. The van der Waals surface area contributed by atoms with E-state index in [1.54, 1.807) is 19.2 Å². The number of ether oxygens (including phenoxy) is 1. The van der Waals surface area contributed by atoms with Gasteiger partial charge in [0.05, 0.1) is 19.3 Å². The van der Waals surface area contributed by atoms with Crippen LogP contribution in [0.25, 0.3) is 0 Å². The van der Waals surface area contributed by atoms with Gasteiger partial charge in [-0.2, -0.15) is 0 Å². The molecule has 0 aliphatic rings. The minimum atomic E-state index is -0.240. The molecule has 3 nitrogen and oxygen atoms in total. The van der Waals surface area contributed by atoms with Gasteiger partial charge in [0.25, 0.3) is 0 Å². The van der Waals surface area contributed by atoms with E-state index >= 15 is 0 Å². The quantitative estimate of drug-likeness (QED) is 0.899. The van der Waals surface area contributed by atoms with Gasteiger partial charge in [-0.1, -0.05) is 0 Å². The average Bonchev–Trinajstić information content (AvgIpc) is 2.37. The molecule has 0 unspecified atom stereocenters. The molecule has 2 rings (SSSR count). The van der Waals surface area contributed by atoms with Crippen LogP contribution in [0.5, 0.6) is 5.75 Å². The van der Waals surface area contributed by atoms with E-state index in [-0.39, 0.29) is 5.82 Å². The third kappa shape index (κ3) is 3.20. The summed E-state index contributed by atoms with van der Waals surface area (Å²) in [7, 11) is 1.63. The molecule has 1 heterocycles. The van der Waals surface area contributed by atoms with Crippen LogP contribution in [0.4, 0.5) is 10.1 Å². The molecule has 0 amide bonds. The minimum Gasteiger partial charge on any atom is -0.497 e. The average molecular weight is 246 g/mol. The Kier molecular flexibility index (Phi) is 3.77. The normalized spacial score (nSPS) is 10.2. The minimum absolute atomic E-state index is 0.240. The number of aryl methyl sites for hydroxylation is 1. The number of anilines is 1. The molecule has 1 aromatic carbocycles. The Morgan fingerprint density at radius 3 is 2.61 bits per heavy atom. The molecule has 0 aliphatic carbocycles. The third-order valence-electron chi connectivity index (χ3n) is 2.53. The second kappa shape index (κ2) is 5.49. The molecule has 94 valence electrons. The summed E-state index contributed by atoms with van der Waals surface area (Å²) in [6, 6.07) is 9.99. The standard InChI is InChI=1S/C14H15FN2O/c1-10-7-14(18-2)8-13(17-10)9-16-12-5-3-11(15)4-6-12/h3-8,16H,9H2,1-2H3. The molecular weight excluding hydrogens is 231 g/mol. The Hall–Kier alpha value is -2.10. The zero-order valence-electron chi connectivity index (χ0n) is 10.4. The summed E-state index contributed by atoms with van der Waals surface area (Å²) in [6.45, 7) is 2.49. The number of nitrogens with zero attached hydrogens (tertiary/aromatic N) is 1. The van der Waals surface area contributed by atoms with Crippen molar-refractivity contribution in [2.24, 2.45) is 0 Å². The highest BCUT2D eigenvalue weighted by molar-refractivity contribution is 5.43. The van der Waals surface area contributed by atoms with E-state index in [1.165, 1.54) is 12.1 Å². The summed E-state index contributed by atoms with van der Waals surface area (Å²) in [5, 5.41) is 3.18. The van der Waals surface area contributed by atoms with Gasteiger partial charge in [-0.05, 0) is 31.2 Å². The monoisotopic (exact) mass is 246 g/mol. The van der Waals surface area contributed by atoms with E-state index in [1.807, 2.05) is 19.1 Å². The second-order valence-electron chi connectivity index (χ2n) is 4.00. The fourth-order valence-corrected chi connectivity index (χ4v) is 1.67. The number of pyridine rings is 1. The lowest BCUT2D eigenvalue weighted by Gasteiger charge is -2.08. The van der Waals surface area contributed by atoms with Crippen LogP contribution >= 0.6 is 0 Å². The van der Waals surface area contributed by atoms with Gasteiger partial charge < -0.3 is 10.1 Å². The van der Waals surface area contributed by atoms with E-state index < -0.39 is 0 Å². The first-order valence-corrected chi connectivity index (χ1v) is 5.68. The second-order valence-corrected chi connectivity index (χ2v) is 4.00. The first kappa shape index (κ1) is 12.4. The van der Waals surface area contributed by atoms with Crippen molar-refractivity contribution in [2.45, 2.75) is 13.5 Å². The lowest BCUT2D eigenvalue weighted by Crippen LogP contribution is -2.03. The van der Waals surface area contributed by atoms with Crippen molar-refractivity contribution < 1.29 is 9.13 Å². The maximum absolute atomic E-state index is 12.7. The van der Waals surface area contributed by atoms with Crippen molar-refractivity contribution in [3.8, 4) is 5.75 Å². The van der Waals surface area contributed by atoms with Crippen LogP contribution in [-0.4, -0.2) is 12.1 Å². The SMILES string of the molecule is COc1cc(C)nc(CNc2ccc(F)cc2)c1. The summed E-state index contributed by atoms with van der Waals surface area (Å²) >= 11 is 0. The van der Waals surface area contributed by atoms with Gasteiger partial charge in [0.1, 0.15) is 11.6 Å². The van der Waals surface area contributed by atoms with Gasteiger partial charge in [0.2, 0.25) is 0 Å². The van der Waals surface area contributed by atoms with Crippen molar-refractivity contribution in [1.82, 2.24) is 4.98 Å². The molecule has 1 aromatic heterocycles. The molecule has 18 heavy (non-hydrogen) atoms. The number of methoxy groups -OCH3 is 1. The highest BCUT2D eigenvalue weighted by Crippen LogP contribution is 2.15. The highest BCUT2D eigenvalue weighted by Gasteiger charge is 2.01. The number of nitrogens with one attached hydrogen (secondary N) is 1. The molecule has 0 radical (unpaired) electrons. The summed E-state index contributed by atoms with van der Waals surface area (Å²) in [5.74, 6) is 0.550. The molecule has 0 atom stereocenters. The molecular formula is C14H15FN2O. The van der Waals surface area contributed by atoms with E-state index in [0.717, 1.165) is 22.8 Å². The van der Waals surface area contributed by atoms with E-state index in [0.29, 0.717) is 6.54 Å². The van der Waals surface area contributed by atoms with E-state index in [4.69, 9.17) is 4.74 Å². The first-order valence-electron chi connectivity index (χ1n) is 5.68. The maximum atomic E-state index is 12.7. The van der Waals surface area contributed by atoms with Crippen molar-refractivity contribution in [2.75, 3.05) is 12.4 Å². The Bertz CT molecular complexity index is 526. The molecule has 2 aromatic rings.